The second-order valence-electron chi connectivity index (χ2n) is 11.5. The summed E-state index contributed by atoms with van der Waals surface area (Å²) >= 11 is 0. The molecule has 1 aliphatic heterocycles. The van der Waals surface area contributed by atoms with Crippen molar-refractivity contribution in [2.75, 3.05) is 26.7 Å². The zero-order valence-corrected chi connectivity index (χ0v) is 25.4. The van der Waals surface area contributed by atoms with Gasteiger partial charge >= 0.3 is 0 Å². The van der Waals surface area contributed by atoms with Gasteiger partial charge in [-0.15, -0.1) is 24.0 Å². The molecule has 5 rings (SSSR count). The van der Waals surface area contributed by atoms with Crippen LogP contribution in [0.25, 0.3) is 10.9 Å². The largest absolute Gasteiger partial charge is 0.345 e. The van der Waals surface area contributed by atoms with Gasteiger partial charge in [0.1, 0.15) is 0 Å². The Morgan fingerprint density at radius 2 is 1.92 bits per heavy atom. The lowest BCUT2D eigenvalue weighted by Crippen LogP contribution is -2.52. The quantitative estimate of drug-likeness (QED) is 0.279. The summed E-state index contributed by atoms with van der Waals surface area (Å²) in [6.45, 7) is 11.4. The number of carbonyl (C=O) groups excluding carboxylic acids is 1. The molecule has 1 saturated heterocycles. The number of benzene rings is 1. The van der Waals surface area contributed by atoms with Gasteiger partial charge in [0.15, 0.2) is 0 Å². The molecule has 1 aromatic carbocycles. The Morgan fingerprint density at radius 1 is 1.16 bits per heavy atom. The van der Waals surface area contributed by atoms with E-state index in [1.165, 1.54) is 27.6 Å². The van der Waals surface area contributed by atoms with Gasteiger partial charge in [0.05, 0.1) is 5.92 Å². The molecule has 1 fully saturated rings. The maximum atomic E-state index is 13.8. The first-order valence-electron chi connectivity index (χ1n) is 13.9. The Hall–Kier alpha value is -1.93. The minimum atomic E-state index is 0. The molecular formula is C31H43IN4O. The number of amides is 1. The first-order valence-corrected chi connectivity index (χ1v) is 13.9. The topological polar surface area (TPSA) is 41.4 Å². The van der Waals surface area contributed by atoms with Crippen LogP contribution in [0, 0.1) is 11.8 Å². The summed E-state index contributed by atoms with van der Waals surface area (Å²) in [4.78, 5) is 22.6. The third-order valence-electron chi connectivity index (χ3n) is 8.68. The van der Waals surface area contributed by atoms with Gasteiger partial charge in [-0.25, -0.2) is 0 Å². The molecule has 0 radical (unpaired) electrons. The van der Waals surface area contributed by atoms with Gasteiger partial charge in [-0.1, -0.05) is 19.1 Å². The van der Waals surface area contributed by atoms with E-state index in [2.05, 4.69) is 90.6 Å². The van der Waals surface area contributed by atoms with Crippen LogP contribution in [0.5, 0.6) is 0 Å². The van der Waals surface area contributed by atoms with Gasteiger partial charge in [-0.2, -0.15) is 0 Å². The summed E-state index contributed by atoms with van der Waals surface area (Å²) in [5.74, 6) is 1.29. The minimum Gasteiger partial charge on any atom is -0.345 e. The number of piperidine rings is 1. The molecule has 0 saturated carbocycles. The van der Waals surface area contributed by atoms with Crippen LogP contribution in [0.2, 0.25) is 0 Å². The van der Waals surface area contributed by atoms with E-state index >= 15 is 0 Å². The average Bonchev–Trinajstić information content (AvgIpc) is 3.27. The van der Waals surface area contributed by atoms with Crippen LogP contribution in [0.15, 0.2) is 48.9 Å². The fourth-order valence-electron chi connectivity index (χ4n) is 6.74. The molecule has 37 heavy (non-hydrogen) atoms. The maximum absolute atomic E-state index is 13.8. The lowest BCUT2D eigenvalue weighted by Gasteiger charge is -2.46. The molecule has 2 unspecified atom stereocenters. The molecule has 2 aliphatic rings. The van der Waals surface area contributed by atoms with E-state index in [9.17, 15) is 4.79 Å². The minimum absolute atomic E-state index is 0. The van der Waals surface area contributed by atoms with E-state index in [-0.39, 0.29) is 29.9 Å². The summed E-state index contributed by atoms with van der Waals surface area (Å²) < 4.78 is 2.43. The van der Waals surface area contributed by atoms with Crippen molar-refractivity contribution in [1.82, 2.24) is 19.4 Å². The Labute approximate surface area is 239 Å². The van der Waals surface area contributed by atoms with Gasteiger partial charge < -0.3 is 14.4 Å². The highest BCUT2D eigenvalue weighted by atomic mass is 127. The maximum Gasteiger partial charge on any atom is 0.226 e. The van der Waals surface area contributed by atoms with Crippen molar-refractivity contribution in [3.63, 3.8) is 0 Å². The summed E-state index contributed by atoms with van der Waals surface area (Å²) in [6.07, 6.45) is 10.3. The lowest BCUT2D eigenvalue weighted by molar-refractivity contribution is -0.138. The molecule has 200 valence electrons. The summed E-state index contributed by atoms with van der Waals surface area (Å²) in [5.41, 5.74) is 5.61. The zero-order chi connectivity index (χ0) is 25.4. The number of fused-ring (bicyclic) bond motifs is 2. The Morgan fingerprint density at radius 3 is 2.62 bits per heavy atom. The van der Waals surface area contributed by atoms with Crippen molar-refractivity contribution in [2.45, 2.75) is 71.4 Å². The number of nitrogens with zero attached hydrogens (tertiary/aromatic N) is 4. The van der Waals surface area contributed by atoms with E-state index < -0.39 is 0 Å². The van der Waals surface area contributed by atoms with Crippen LogP contribution in [0.1, 0.15) is 69.2 Å². The van der Waals surface area contributed by atoms with E-state index in [0.29, 0.717) is 29.8 Å². The predicted molar refractivity (Wildman–Crippen MR) is 163 cm³/mol. The second kappa shape index (κ2) is 11.9. The van der Waals surface area contributed by atoms with Gasteiger partial charge in [0, 0.05) is 67.1 Å². The van der Waals surface area contributed by atoms with E-state index in [1.807, 2.05) is 12.4 Å². The van der Waals surface area contributed by atoms with Crippen molar-refractivity contribution >= 4 is 40.8 Å². The highest BCUT2D eigenvalue weighted by molar-refractivity contribution is 14.0. The van der Waals surface area contributed by atoms with Crippen molar-refractivity contribution in [2.24, 2.45) is 11.8 Å². The van der Waals surface area contributed by atoms with Crippen molar-refractivity contribution in [1.29, 1.82) is 0 Å². The van der Waals surface area contributed by atoms with Crippen LogP contribution in [0.3, 0.4) is 0 Å². The number of likely N-dealkylation sites (N-methyl/N-ethyl adjacent to an activating group) is 1. The normalized spacial score (nSPS) is 21.9. The summed E-state index contributed by atoms with van der Waals surface area (Å²) in [5, 5.41) is 1.45. The number of halogens is 1. The van der Waals surface area contributed by atoms with Gasteiger partial charge in [0.25, 0.3) is 0 Å². The molecule has 3 aromatic rings. The average molecular weight is 615 g/mol. The Balaban J connectivity index is 0.00000320. The molecule has 0 N–H and O–H groups in total. The van der Waals surface area contributed by atoms with Crippen LogP contribution in [-0.4, -0.2) is 58.0 Å². The molecule has 3 heterocycles. The number of pyridine rings is 1. The summed E-state index contributed by atoms with van der Waals surface area (Å²) in [7, 11) is 2.23. The smallest absolute Gasteiger partial charge is 0.226 e. The highest BCUT2D eigenvalue weighted by Crippen LogP contribution is 2.45. The molecule has 1 aliphatic carbocycles. The number of aromatic nitrogens is 2. The number of hydrogen-bond acceptors (Lipinski definition) is 3. The van der Waals surface area contributed by atoms with Crippen LogP contribution in [-0.2, 0) is 17.6 Å². The fraction of sp³-hybridized carbons (Fsp3) is 0.548. The number of rotatable bonds is 8. The van der Waals surface area contributed by atoms with Crippen molar-refractivity contribution in [3.8, 4) is 0 Å². The first-order chi connectivity index (χ1) is 17.4. The zero-order valence-electron chi connectivity index (χ0n) is 23.1. The molecular weight excluding hydrogens is 571 g/mol. The predicted octanol–water partition coefficient (Wildman–Crippen LogP) is 6.31. The SMILES string of the molecule is CCN(CC(C)CCc1ccncc1)C(=O)C1C[C@@H]2c3cccc4c3c(cn4C(C)C)C[C@H]2N(C)C1.I. The standard InChI is InChI=1S/C31H42N4O.HI/c1-6-34(18-22(4)10-11-23-12-14-32-15-13-23)31(36)25-16-27-26-8-7-9-28-30(26)24(20-35(28)21(2)3)17-29(27)33(5)19-25;/h7-9,12-15,20-22,25,27,29H,6,10-11,16-19H2,1-5H3;1H/t22?,25?,27-,29-;/m1./s1. The monoisotopic (exact) mass is 614 g/mol. The molecule has 6 heteroatoms. The molecule has 5 nitrogen and oxygen atoms in total. The summed E-state index contributed by atoms with van der Waals surface area (Å²) in [6, 6.07) is 11.9. The molecule has 0 bridgehead atoms. The van der Waals surface area contributed by atoms with Crippen molar-refractivity contribution < 1.29 is 4.79 Å². The number of likely N-dealkylation sites (tertiary alicyclic amines) is 1. The van der Waals surface area contributed by atoms with Crippen LogP contribution >= 0.6 is 24.0 Å². The molecule has 4 atom stereocenters. The molecule has 2 aromatic heterocycles. The Bertz CT molecular complexity index is 1210. The van der Waals surface area contributed by atoms with Gasteiger partial charge in [-0.3, -0.25) is 9.78 Å². The van der Waals surface area contributed by atoms with Crippen molar-refractivity contribution in [3.05, 3.63) is 65.6 Å². The van der Waals surface area contributed by atoms with E-state index in [4.69, 9.17) is 0 Å². The first kappa shape index (κ1) is 28.1. The lowest BCUT2D eigenvalue weighted by atomic mass is 9.72. The van der Waals surface area contributed by atoms with Gasteiger partial charge in [-0.05, 0) is 94.3 Å². The third-order valence-corrected chi connectivity index (χ3v) is 8.68. The number of hydrogen-bond donors (Lipinski definition) is 0. The van der Waals surface area contributed by atoms with Crippen LogP contribution in [0.4, 0.5) is 0 Å². The van der Waals surface area contributed by atoms with Gasteiger partial charge in [0.2, 0.25) is 5.91 Å². The number of aryl methyl sites for hydroxylation is 1. The second-order valence-corrected chi connectivity index (χ2v) is 11.5. The highest BCUT2D eigenvalue weighted by Gasteiger charge is 2.42. The fourth-order valence-corrected chi connectivity index (χ4v) is 6.74. The third kappa shape index (κ3) is 5.60. The molecule has 0 spiro atoms. The number of carbonyl (C=O) groups is 1. The van der Waals surface area contributed by atoms with E-state index in [0.717, 1.165) is 45.3 Å². The molecule has 1 amide bonds. The van der Waals surface area contributed by atoms with Crippen LogP contribution < -0.4 is 0 Å². The Kier molecular flexibility index (Phi) is 9.00. The van der Waals surface area contributed by atoms with E-state index in [1.54, 1.807) is 0 Å².